The largest absolute Gasteiger partial charge is 0.466 e. The number of aromatic nitrogens is 1. The number of aryl methyl sites for hydroxylation is 2. The fraction of sp³-hybridized carbons (Fsp3) is 0.235. The Bertz CT molecular complexity index is 848. The van der Waals surface area contributed by atoms with Crippen molar-refractivity contribution in [1.29, 1.82) is 0 Å². The molecule has 1 unspecified atom stereocenters. The molecule has 2 aromatic heterocycles. The Morgan fingerprint density at radius 1 is 1.27 bits per heavy atom. The van der Waals surface area contributed by atoms with Crippen LogP contribution in [0.1, 0.15) is 40.5 Å². The van der Waals surface area contributed by atoms with E-state index in [9.17, 15) is 9.18 Å². The summed E-state index contributed by atoms with van der Waals surface area (Å²) in [4.78, 5) is 15.3. The Morgan fingerprint density at radius 3 is 2.73 bits per heavy atom. The number of aromatic amines is 1. The van der Waals surface area contributed by atoms with Crippen molar-refractivity contribution in [3.05, 3.63) is 58.9 Å². The molecular formula is C17H17FN2O2. The van der Waals surface area contributed by atoms with Crippen LogP contribution >= 0.6 is 0 Å². The monoisotopic (exact) mass is 300 g/mol. The van der Waals surface area contributed by atoms with Gasteiger partial charge in [0, 0.05) is 16.5 Å². The maximum Gasteiger partial charge on any atom is 0.268 e. The van der Waals surface area contributed by atoms with Gasteiger partial charge in [0.05, 0.1) is 6.04 Å². The van der Waals surface area contributed by atoms with Gasteiger partial charge in [0.15, 0.2) is 0 Å². The Labute approximate surface area is 127 Å². The van der Waals surface area contributed by atoms with Gasteiger partial charge in [-0.25, -0.2) is 4.39 Å². The van der Waals surface area contributed by atoms with E-state index in [1.807, 2.05) is 26.8 Å². The molecule has 5 heteroatoms. The molecule has 3 aromatic rings. The zero-order chi connectivity index (χ0) is 15.9. The fourth-order valence-corrected chi connectivity index (χ4v) is 2.66. The molecule has 1 amide bonds. The molecule has 22 heavy (non-hydrogen) atoms. The van der Waals surface area contributed by atoms with Crippen LogP contribution in [0.25, 0.3) is 10.9 Å². The molecule has 114 valence electrons. The standard InChI is InChI=1S/C17H17FN2O2/c1-9-6-14(11(3)22-9)10(2)19-17(21)16-8-12-7-13(18)4-5-15(12)20-16/h4-8,10,20H,1-3H3,(H,19,21). The minimum absolute atomic E-state index is 0.173. The van der Waals surface area contributed by atoms with Crippen LogP contribution in [0.3, 0.4) is 0 Å². The van der Waals surface area contributed by atoms with Crippen molar-refractivity contribution in [2.24, 2.45) is 0 Å². The number of amides is 1. The predicted molar refractivity (Wildman–Crippen MR) is 82.3 cm³/mol. The first kappa shape index (κ1) is 14.4. The van der Waals surface area contributed by atoms with E-state index in [1.54, 1.807) is 12.1 Å². The molecule has 2 heterocycles. The molecule has 0 aliphatic rings. The van der Waals surface area contributed by atoms with Crippen molar-refractivity contribution < 1.29 is 13.6 Å². The molecule has 1 atom stereocenters. The van der Waals surface area contributed by atoms with E-state index in [4.69, 9.17) is 4.42 Å². The minimum Gasteiger partial charge on any atom is -0.466 e. The number of hydrogen-bond donors (Lipinski definition) is 2. The van der Waals surface area contributed by atoms with Crippen LogP contribution in [0.5, 0.6) is 0 Å². The van der Waals surface area contributed by atoms with E-state index in [0.29, 0.717) is 11.1 Å². The second kappa shape index (κ2) is 5.33. The van der Waals surface area contributed by atoms with E-state index in [0.717, 1.165) is 22.6 Å². The second-order valence-corrected chi connectivity index (χ2v) is 5.48. The summed E-state index contributed by atoms with van der Waals surface area (Å²) >= 11 is 0. The van der Waals surface area contributed by atoms with Crippen molar-refractivity contribution >= 4 is 16.8 Å². The fourth-order valence-electron chi connectivity index (χ4n) is 2.66. The van der Waals surface area contributed by atoms with Gasteiger partial charge in [-0.05, 0) is 51.1 Å². The van der Waals surface area contributed by atoms with E-state index in [1.165, 1.54) is 12.1 Å². The maximum atomic E-state index is 13.2. The SMILES string of the molecule is Cc1cc(C(C)NC(=O)c2cc3cc(F)ccc3[nH]2)c(C)o1. The lowest BCUT2D eigenvalue weighted by molar-refractivity contribution is 0.0935. The van der Waals surface area contributed by atoms with Gasteiger partial charge in [0.2, 0.25) is 0 Å². The molecule has 0 spiro atoms. The summed E-state index contributed by atoms with van der Waals surface area (Å²) in [6.45, 7) is 5.64. The normalized spacial score (nSPS) is 12.5. The average Bonchev–Trinajstić information content (AvgIpc) is 3.01. The molecule has 4 nitrogen and oxygen atoms in total. The number of halogens is 1. The van der Waals surface area contributed by atoms with Gasteiger partial charge in [-0.1, -0.05) is 0 Å². The van der Waals surface area contributed by atoms with Gasteiger partial charge in [-0.15, -0.1) is 0 Å². The average molecular weight is 300 g/mol. The van der Waals surface area contributed by atoms with E-state index in [2.05, 4.69) is 10.3 Å². The Kier molecular flexibility index (Phi) is 3.48. The lowest BCUT2D eigenvalue weighted by atomic mass is 10.1. The highest BCUT2D eigenvalue weighted by atomic mass is 19.1. The third-order valence-corrected chi connectivity index (χ3v) is 3.72. The summed E-state index contributed by atoms with van der Waals surface area (Å²) in [5.41, 5.74) is 2.09. The Morgan fingerprint density at radius 2 is 2.05 bits per heavy atom. The number of H-pyrrole nitrogens is 1. The van der Waals surface area contributed by atoms with Gasteiger partial charge in [-0.3, -0.25) is 4.79 Å². The quantitative estimate of drug-likeness (QED) is 0.768. The molecule has 0 fully saturated rings. The first-order valence-electron chi connectivity index (χ1n) is 7.10. The lowest BCUT2D eigenvalue weighted by Crippen LogP contribution is -2.27. The number of carbonyl (C=O) groups is 1. The van der Waals surface area contributed by atoms with Gasteiger partial charge < -0.3 is 14.7 Å². The van der Waals surface area contributed by atoms with Crippen molar-refractivity contribution in [2.45, 2.75) is 26.8 Å². The van der Waals surface area contributed by atoms with Crippen LogP contribution in [0, 0.1) is 19.7 Å². The third kappa shape index (κ3) is 2.62. The highest BCUT2D eigenvalue weighted by molar-refractivity contribution is 5.98. The predicted octanol–water partition coefficient (Wildman–Crippen LogP) is 4.01. The van der Waals surface area contributed by atoms with Crippen molar-refractivity contribution in [3.63, 3.8) is 0 Å². The van der Waals surface area contributed by atoms with Crippen molar-refractivity contribution in [2.75, 3.05) is 0 Å². The number of nitrogens with one attached hydrogen (secondary N) is 2. The summed E-state index contributed by atoms with van der Waals surface area (Å²) < 4.78 is 18.7. The van der Waals surface area contributed by atoms with Crippen LogP contribution < -0.4 is 5.32 Å². The molecule has 0 aliphatic heterocycles. The van der Waals surface area contributed by atoms with Crippen LogP contribution in [-0.4, -0.2) is 10.9 Å². The molecule has 0 saturated carbocycles. The van der Waals surface area contributed by atoms with Gasteiger partial charge in [0.1, 0.15) is 23.0 Å². The molecule has 0 saturated heterocycles. The molecule has 0 aliphatic carbocycles. The summed E-state index contributed by atoms with van der Waals surface area (Å²) in [5.74, 6) is 1.05. The zero-order valence-electron chi connectivity index (χ0n) is 12.7. The van der Waals surface area contributed by atoms with Crippen LogP contribution in [0.2, 0.25) is 0 Å². The molecule has 3 rings (SSSR count). The summed E-state index contributed by atoms with van der Waals surface area (Å²) in [5, 5.41) is 3.59. The van der Waals surface area contributed by atoms with Crippen LogP contribution in [-0.2, 0) is 0 Å². The third-order valence-electron chi connectivity index (χ3n) is 3.72. The molecule has 0 radical (unpaired) electrons. The topological polar surface area (TPSA) is 58.0 Å². The number of carbonyl (C=O) groups excluding carboxylic acids is 1. The van der Waals surface area contributed by atoms with Crippen molar-refractivity contribution in [1.82, 2.24) is 10.3 Å². The Hall–Kier alpha value is -2.56. The Balaban J connectivity index is 1.82. The smallest absolute Gasteiger partial charge is 0.268 e. The first-order chi connectivity index (χ1) is 10.4. The zero-order valence-corrected chi connectivity index (χ0v) is 12.7. The first-order valence-corrected chi connectivity index (χ1v) is 7.10. The minimum atomic E-state index is -0.323. The van der Waals surface area contributed by atoms with Gasteiger partial charge >= 0.3 is 0 Å². The number of furan rings is 1. The van der Waals surface area contributed by atoms with E-state index in [-0.39, 0.29) is 17.8 Å². The number of rotatable bonds is 3. The summed E-state index contributed by atoms with van der Waals surface area (Å²) in [6.07, 6.45) is 0. The van der Waals surface area contributed by atoms with E-state index >= 15 is 0 Å². The van der Waals surface area contributed by atoms with Crippen LogP contribution in [0.15, 0.2) is 34.7 Å². The van der Waals surface area contributed by atoms with Gasteiger partial charge in [0.25, 0.3) is 5.91 Å². The van der Waals surface area contributed by atoms with Crippen molar-refractivity contribution in [3.8, 4) is 0 Å². The number of benzene rings is 1. The number of hydrogen-bond acceptors (Lipinski definition) is 2. The van der Waals surface area contributed by atoms with Gasteiger partial charge in [-0.2, -0.15) is 0 Å². The highest BCUT2D eigenvalue weighted by Crippen LogP contribution is 2.22. The molecule has 1 aromatic carbocycles. The van der Waals surface area contributed by atoms with Crippen LogP contribution in [0.4, 0.5) is 4.39 Å². The molecule has 2 N–H and O–H groups in total. The lowest BCUT2D eigenvalue weighted by Gasteiger charge is -2.12. The van der Waals surface area contributed by atoms with E-state index < -0.39 is 0 Å². The second-order valence-electron chi connectivity index (χ2n) is 5.48. The summed E-state index contributed by atoms with van der Waals surface area (Å²) in [7, 11) is 0. The molecular weight excluding hydrogens is 283 g/mol. The summed E-state index contributed by atoms with van der Waals surface area (Å²) in [6, 6.07) is 7.77. The molecule has 0 bridgehead atoms. The number of fused-ring (bicyclic) bond motifs is 1. The maximum absolute atomic E-state index is 13.2. The highest BCUT2D eigenvalue weighted by Gasteiger charge is 2.17.